The van der Waals surface area contributed by atoms with Gasteiger partial charge in [0.2, 0.25) is 0 Å². The second-order valence-corrected chi connectivity index (χ2v) is 4.13. The molecular weight excluding hydrogens is 240 g/mol. The Morgan fingerprint density at radius 3 is 2.95 bits per heavy atom. The van der Waals surface area contributed by atoms with E-state index in [9.17, 15) is 4.79 Å². The number of carbonyl (C=O) groups is 1. The number of hydrogen-bond acceptors (Lipinski definition) is 3. The number of benzene rings is 1. The number of para-hydroxylation sites is 1. The summed E-state index contributed by atoms with van der Waals surface area (Å²) >= 11 is 0. The maximum absolute atomic E-state index is 12.2. The Morgan fingerprint density at radius 1 is 1.21 bits per heavy atom. The molecule has 0 radical (unpaired) electrons. The Bertz CT molecular complexity index is 701. The van der Waals surface area contributed by atoms with E-state index in [-0.39, 0.29) is 5.91 Å². The average molecular weight is 252 g/mol. The van der Waals surface area contributed by atoms with E-state index >= 15 is 0 Å². The topological polar surface area (TPSA) is 70.7 Å². The standard InChI is InChI=1S/C14H12N4O/c19-14(18-9-10-4-5-15-8-10)11-2-1-3-12-13(11)17-7-6-16-12/h1-8,15H,9H2,(H,18,19). The van der Waals surface area contributed by atoms with Crippen LogP contribution in [-0.4, -0.2) is 20.9 Å². The van der Waals surface area contributed by atoms with Crippen LogP contribution < -0.4 is 5.32 Å². The van der Waals surface area contributed by atoms with Crippen molar-refractivity contribution in [1.29, 1.82) is 0 Å². The summed E-state index contributed by atoms with van der Waals surface area (Å²) in [5.74, 6) is -0.146. The molecule has 0 bridgehead atoms. The molecule has 0 atom stereocenters. The molecule has 0 aliphatic rings. The molecule has 94 valence electrons. The molecule has 0 spiro atoms. The van der Waals surface area contributed by atoms with Crippen LogP contribution in [0.1, 0.15) is 15.9 Å². The molecule has 3 aromatic rings. The summed E-state index contributed by atoms with van der Waals surface area (Å²) < 4.78 is 0. The van der Waals surface area contributed by atoms with Crippen molar-refractivity contribution < 1.29 is 4.79 Å². The van der Waals surface area contributed by atoms with Crippen molar-refractivity contribution in [2.75, 3.05) is 0 Å². The normalized spacial score (nSPS) is 10.5. The summed E-state index contributed by atoms with van der Waals surface area (Å²) in [5, 5.41) is 2.87. The number of nitrogens with zero attached hydrogens (tertiary/aromatic N) is 2. The molecule has 2 aromatic heterocycles. The van der Waals surface area contributed by atoms with Gasteiger partial charge in [0.25, 0.3) is 5.91 Å². The lowest BCUT2D eigenvalue weighted by atomic mass is 10.1. The number of nitrogens with one attached hydrogen (secondary N) is 2. The highest BCUT2D eigenvalue weighted by Crippen LogP contribution is 2.13. The van der Waals surface area contributed by atoms with Gasteiger partial charge in [0.15, 0.2) is 0 Å². The van der Waals surface area contributed by atoms with Crippen LogP contribution in [0.4, 0.5) is 0 Å². The molecule has 0 aliphatic carbocycles. The summed E-state index contributed by atoms with van der Waals surface area (Å²) in [5.41, 5.74) is 2.91. The average Bonchev–Trinajstić information content (AvgIpc) is 2.97. The highest BCUT2D eigenvalue weighted by Gasteiger charge is 2.10. The van der Waals surface area contributed by atoms with Crippen LogP contribution in [0, 0.1) is 0 Å². The Hall–Kier alpha value is -2.69. The van der Waals surface area contributed by atoms with Gasteiger partial charge in [-0.05, 0) is 23.8 Å². The van der Waals surface area contributed by atoms with Gasteiger partial charge in [-0.15, -0.1) is 0 Å². The first-order valence-electron chi connectivity index (χ1n) is 5.94. The van der Waals surface area contributed by atoms with Crippen molar-refractivity contribution in [1.82, 2.24) is 20.3 Å². The van der Waals surface area contributed by atoms with Gasteiger partial charge < -0.3 is 10.3 Å². The van der Waals surface area contributed by atoms with Gasteiger partial charge in [-0.2, -0.15) is 0 Å². The van der Waals surface area contributed by atoms with Crippen LogP contribution in [0.25, 0.3) is 11.0 Å². The Balaban J connectivity index is 1.85. The van der Waals surface area contributed by atoms with Gasteiger partial charge in [-0.3, -0.25) is 14.8 Å². The molecule has 2 heterocycles. The van der Waals surface area contributed by atoms with E-state index in [0.717, 1.165) is 11.1 Å². The quantitative estimate of drug-likeness (QED) is 0.747. The van der Waals surface area contributed by atoms with Crippen LogP contribution in [0.2, 0.25) is 0 Å². The second kappa shape index (κ2) is 4.89. The van der Waals surface area contributed by atoms with E-state index in [4.69, 9.17) is 0 Å². The van der Waals surface area contributed by atoms with Crippen molar-refractivity contribution >= 4 is 16.9 Å². The van der Waals surface area contributed by atoms with Crippen molar-refractivity contribution in [3.05, 3.63) is 60.2 Å². The fourth-order valence-electron chi connectivity index (χ4n) is 1.92. The number of hydrogen-bond donors (Lipinski definition) is 2. The van der Waals surface area contributed by atoms with Gasteiger partial charge in [0.05, 0.1) is 11.1 Å². The summed E-state index contributed by atoms with van der Waals surface area (Å²) in [6, 6.07) is 7.32. The Labute approximate surface area is 109 Å². The van der Waals surface area contributed by atoms with Gasteiger partial charge in [-0.1, -0.05) is 6.07 Å². The molecule has 0 aliphatic heterocycles. The molecular formula is C14H12N4O. The van der Waals surface area contributed by atoms with Gasteiger partial charge in [0.1, 0.15) is 5.52 Å². The Morgan fingerprint density at radius 2 is 2.11 bits per heavy atom. The first-order chi connectivity index (χ1) is 9.34. The third-order valence-electron chi connectivity index (χ3n) is 2.86. The van der Waals surface area contributed by atoms with Gasteiger partial charge >= 0.3 is 0 Å². The summed E-state index contributed by atoms with van der Waals surface area (Å²) in [7, 11) is 0. The van der Waals surface area contributed by atoms with Crippen LogP contribution in [-0.2, 0) is 6.54 Å². The Kier molecular flexibility index (Phi) is 2.94. The number of amides is 1. The lowest BCUT2D eigenvalue weighted by Crippen LogP contribution is -2.23. The summed E-state index contributed by atoms with van der Waals surface area (Å²) in [6.07, 6.45) is 6.88. The third-order valence-corrected chi connectivity index (χ3v) is 2.86. The van der Waals surface area contributed by atoms with Crippen LogP contribution >= 0.6 is 0 Å². The van der Waals surface area contributed by atoms with Gasteiger partial charge in [0, 0.05) is 31.3 Å². The molecule has 1 aromatic carbocycles. The number of carbonyl (C=O) groups excluding carboxylic acids is 1. The lowest BCUT2D eigenvalue weighted by molar-refractivity contribution is 0.0952. The zero-order valence-corrected chi connectivity index (χ0v) is 10.1. The summed E-state index contributed by atoms with van der Waals surface area (Å²) in [6.45, 7) is 0.485. The molecule has 0 fully saturated rings. The molecule has 0 saturated heterocycles. The minimum absolute atomic E-state index is 0.146. The zero-order valence-electron chi connectivity index (χ0n) is 10.1. The highest BCUT2D eigenvalue weighted by molar-refractivity contribution is 6.04. The molecule has 5 heteroatoms. The largest absolute Gasteiger partial charge is 0.367 e. The van der Waals surface area contributed by atoms with E-state index in [1.165, 1.54) is 0 Å². The zero-order chi connectivity index (χ0) is 13.1. The monoisotopic (exact) mass is 252 g/mol. The smallest absolute Gasteiger partial charge is 0.253 e. The molecule has 1 amide bonds. The van der Waals surface area contributed by atoms with Crippen molar-refractivity contribution in [2.24, 2.45) is 0 Å². The highest BCUT2D eigenvalue weighted by atomic mass is 16.1. The predicted octanol–water partition coefficient (Wildman–Crippen LogP) is 1.89. The molecule has 19 heavy (non-hydrogen) atoms. The summed E-state index contributed by atoms with van der Waals surface area (Å²) in [4.78, 5) is 23.5. The SMILES string of the molecule is O=C(NCc1cc[nH]c1)c1cccc2nccnc12. The lowest BCUT2D eigenvalue weighted by Gasteiger charge is -2.06. The van der Waals surface area contributed by atoms with E-state index in [0.29, 0.717) is 17.6 Å². The number of aromatic nitrogens is 3. The minimum Gasteiger partial charge on any atom is -0.367 e. The predicted molar refractivity (Wildman–Crippen MR) is 71.5 cm³/mol. The van der Waals surface area contributed by atoms with Crippen molar-refractivity contribution in [3.8, 4) is 0 Å². The van der Waals surface area contributed by atoms with Crippen LogP contribution in [0.15, 0.2) is 49.1 Å². The molecule has 5 nitrogen and oxygen atoms in total. The maximum Gasteiger partial charge on any atom is 0.253 e. The van der Waals surface area contributed by atoms with Crippen molar-refractivity contribution in [3.63, 3.8) is 0 Å². The fraction of sp³-hybridized carbons (Fsp3) is 0.0714. The van der Waals surface area contributed by atoms with E-state index in [1.54, 1.807) is 18.5 Å². The van der Waals surface area contributed by atoms with E-state index in [2.05, 4.69) is 20.3 Å². The molecule has 3 rings (SSSR count). The number of aromatic amines is 1. The molecule has 2 N–H and O–H groups in total. The molecule has 0 unspecified atom stereocenters. The first-order valence-corrected chi connectivity index (χ1v) is 5.94. The van der Waals surface area contributed by atoms with Crippen LogP contribution in [0.5, 0.6) is 0 Å². The maximum atomic E-state index is 12.2. The number of H-pyrrole nitrogens is 1. The van der Waals surface area contributed by atoms with E-state index in [1.807, 2.05) is 30.6 Å². The second-order valence-electron chi connectivity index (χ2n) is 4.13. The fourth-order valence-corrected chi connectivity index (χ4v) is 1.92. The van der Waals surface area contributed by atoms with Crippen molar-refractivity contribution in [2.45, 2.75) is 6.54 Å². The first kappa shape index (κ1) is 11.4. The van der Waals surface area contributed by atoms with Crippen LogP contribution in [0.3, 0.4) is 0 Å². The number of fused-ring (bicyclic) bond motifs is 1. The number of rotatable bonds is 3. The minimum atomic E-state index is -0.146. The van der Waals surface area contributed by atoms with Gasteiger partial charge in [-0.25, -0.2) is 0 Å². The third kappa shape index (κ3) is 2.30. The van der Waals surface area contributed by atoms with E-state index < -0.39 is 0 Å². The molecule has 0 saturated carbocycles.